The van der Waals surface area contributed by atoms with Crippen LogP contribution in [0.25, 0.3) is 0 Å². The molecule has 7 heteroatoms. The third-order valence-electron chi connectivity index (χ3n) is 2.83. The van der Waals surface area contributed by atoms with E-state index in [2.05, 4.69) is 0 Å². The molecule has 0 aliphatic carbocycles. The molecule has 0 N–H and O–H groups in total. The fraction of sp³-hybridized carbons (Fsp3) is 0.143. The summed E-state index contributed by atoms with van der Waals surface area (Å²) < 4.78 is 2.03. The maximum atomic E-state index is 12.3. The van der Waals surface area contributed by atoms with Crippen LogP contribution in [0.2, 0.25) is 0 Å². The number of aryl methyl sites for hydroxylation is 1. The standard InChI is InChI=1S/C14H11IN2O4/c15-11-9-16(7-4-8-18)14(21)17(13(11)20)12(19)10-5-2-1-3-6-10/h1-3,5-6,8-9H,4,7H2. The highest BCUT2D eigenvalue weighted by atomic mass is 127. The number of rotatable bonds is 4. The topological polar surface area (TPSA) is 78.1 Å². The minimum Gasteiger partial charge on any atom is -0.303 e. The summed E-state index contributed by atoms with van der Waals surface area (Å²) in [6.07, 6.45) is 2.16. The van der Waals surface area contributed by atoms with Crippen LogP contribution in [-0.2, 0) is 11.3 Å². The summed E-state index contributed by atoms with van der Waals surface area (Å²) in [5.41, 5.74) is -1.14. The van der Waals surface area contributed by atoms with Gasteiger partial charge in [-0.15, -0.1) is 0 Å². The predicted molar refractivity (Wildman–Crippen MR) is 84.5 cm³/mol. The smallest absolute Gasteiger partial charge is 0.303 e. The average molecular weight is 398 g/mol. The van der Waals surface area contributed by atoms with E-state index in [0.717, 1.165) is 0 Å². The first kappa shape index (κ1) is 15.4. The molecule has 0 saturated carbocycles. The lowest BCUT2D eigenvalue weighted by Gasteiger charge is -2.09. The molecule has 0 unspecified atom stereocenters. The van der Waals surface area contributed by atoms with Crippen LogP contribution in [0.4, 0.5) is 0 Å². The van der Waals surface area contributed by atoms with Gasteiger partial charge in [-0.05, 0) is 34.7 Å². The molecule has 0 saturated heterocycles. The first-order chi connectivity index (χ1) is 10.1. The molecule has 2 aromatic rings. The van der Waals surface area contributed by atoms with Gasteiger partial charge < -0.3 is 4.79 Å². The number of carbonyl (C=O) groups is 2. The number of hydrogen-bond acceptors (Lipinski definition) is 4. The number of aromatic nitrogens is 2. The van der Waals surface area contributed by atoms with E-state index in [1.54, 1.807) is 40.8 Å². The van der Waals surface area contributed by atoms with Crippen molar-refractivity contribution >= 4 is 34.8 Å². The van der Waals surface area contributed by atoms with Crippen LogP contribution in [0, 0.1) is 3.57 Å². The molecule has 0 atom stereocenters. The van der Waals surface area contributed by atoms with Gasteiger partial charge in [-0.2, -0.15) is 4.57 Å². The lowest BCUT2D eigenvalue weighted by molar-refractivity contribution is -0.108. The number of aldehydes is 1. The largest absolute Gasteiger partial charge is 0.338 e. The van der Waals surface area contributed by atoms with Crippen molar-refractivity contribution in [3.8, 4) is 0 Å². The maximum Gasteiger partial charge on any atom is 0.338 e. The normalized spacial score (nSPS) is 10.3. The van der Waals surface area contributed by atoms with Crippen molar-refractivity contribution in [1.29, 1.82) is 0 Å². The second-order valence-corrected chi connectivity index (χ2v) is 5.38. The molecule has 0 spiro atoms. The predicted octanol–water partition coefficient (Wildman–Crippen LogP) is 0.892. The molecule has 0 amide bonds. The molecule has 21 heavy (non-hydrogen) atoms. The van der Waals surface area contributed by atoms with Gasteiger partial charge in [0.2, 0.25) is 0 Å². The minimum atomic E-state index is -0.740. The van der Waals surface area contributed by atoms with Gasteiger partial charge in [-0.1, -0.05) is 18.2 Å². The molecule has 0 radical (unpaired) electrons. The van der Waals surface area contributed by atoms with E-state index in [9.17, 15) is 19.2 Å². The zero-order valence-corrected chi connectivity index (χ0v) is 13.0. The van der Waals surface area contributed by atoms with Crippen LogP contribution in [0.15, 0.2) is 46.1 Å². The van der Waals surface area contributed by atoms with Crippen LogP contribution < -0.4 is 11.2 Å². The molecule has 6 nitrogen and oxygen atoms in total. The second-order valence-electron chi connectivity index (χ2n) is 4.22. The lowest BCUT2D eigenvalue weighted by atomic mass is 10.2. The van der Waals surface area contributed by atoms with Crippen LogP contribution in [0.3, 0.4) is 0 Å². The Labute approximate surface area is 133 Å². The van der Waals surface area contributed by atoms with Gasteiger partial charge >= 0.3 is 5.69 Å². The molecule has 0 bridgehead atoms. The van der Waals surface area contributed by atoms with Gasteiger partial charge in [-0.3, -0.25) is 14.2 Å². The van der Waals surface area contributed by atoms with Crippen molar-refractivity contribution in [2.45, 2.75) is 13.0 Å². The molecule has 2 rings (SSSR count). The summed E-state index contributed by atoms with van der Waals surface area (Å²) in [7, 11) is 0. The molecule has 0 aliphatic heterocycles. The first-order valence-electron chi connectivity index (χ1n) is 6.11. The van der Waals surface area contributed by atoms with Crippen LogP contribution in [0.1, 0.15) is 16.8 Å². The van der Waals surface area contributed by atoms with E-state index in [1.807, 2.05) is 0 Å². The third-order valence-corrected chi connectivity index (χ3v) is 3.57. The summed E-state index contributed by atoms with van der Waals surface area (Å²) in [6.45, 7) is 0.126. The Morgan fingerprint density at radius 1 is 1.19 bits per heavy atom. The van der Waals surface area contributed by atoms with Crippen molar-refractivity contribution in [2.75, 3.05) is 0 Å². The molecule has 0 aliphatic rings. The van der Waals surface area contributed by atoms with Gasteiger partial charge in [-0.25, -0.2) is 4.79 Å². The SMILES string of the molecule is O=CCCn1cc(I)c(=O)n(C(=O)c2ccccc2)c1=O. The summed E-state index contributed by atoms with van der Waals surface area (Å²) >= 11 is 1.76. The summed E-state index contributed by atoms with van der Waals surface area (Å²) in [5.74, 6) is -0.677. The molecule has 0 fully saturated rings. The van der Waals surface area contributed by atoms with Crippen molar-refractivity contribution < 1.29 is 9.59 Å². The van der Waals surface area contributed by atoms with E-state index in [4.69, 9.17) is 0 Å². The third kappa shape index (κ3) is 3.18. The number of halogens is 1. The zero-order chi connectivity index (χ0) is 15.4. The second kappa shape index (κ2) is 6.61. The highest BCUT2D eigenvalue weighted by Crippen LogP contribution is 2.01. The summed E-state index contributed by atoms with van der Waals surface area (Å²) in [4.78, 5) is 47.1. The van der Waals surface area contributed by atoms with Crippen molar-refractivity contribution in [2.24, 2.45) is 0 Å². The fourth-order valence-electron chi connectivity index (χ4n) is 1.81. The van der Waals surface area contributed by atoms with Crippen molar-refractivity contribution in [3.63, 3.8) is 0 Å². The van der Waals surface area contributed by atoms with Gasteiger partial charge in [0.1, 0.15) is 6.29 Å². The summed E-state index contributed by atoms with van der Waals surface area (Å²) in [5, 5.41) is 0. The minimum absolute atomic E-state index is 0.126. The van der Waals surface area contributed by atoms with Gasteiger partial charge in [0.05, 0.1) is 3.57 Å². The zero-order valence-electron chi connectivity index (χ0n) is 10.9. The van der Waals surface area contributed by atoms with Crippen LogP contribution in [-0.4, -0.2) is 21.3 Å². The Kier molecular flexibility index (Phi) is 4.84. The number of benzene rings is 1. The number of carbonyl (C=O) groups excluding carboxylic acids is 2. The lowest BCUT2D eigenvalue weighted by Crippen LogP contribution is -2.44. The Balaban J connectivity index is 2.60. The fourth-order valence-corrected chi connectivity index (χ4v) is 2.39. The van der Waals surface area contributed by atoms with Crippen LogP contribution >= 0.6 is 22.6 Å². The Hall–Kier alpha value is -2.03. The molecule has 1 aromatic carbocycles. The van der Waals surface area contributed by atoms with E-state index in [-0.39, 0.29) is 22.1 Å². The maximum absolute atomic E-state index is 12.3. The first-order valence-corrected chi connectivity index (χ1v) is 7.19. The van der Waals surface area contributed by atoms with E-state index < -0.39 is 17.2 Å². The van der Waals surface area contributed by atoms with Gasteiger partial charge in [0, 0.05) is 24.7 Å². The molecular weight excluding hydrogens is 387 g/mol. The van der Waals surface area contributed by atoms with E-state index in [1.165, 1.54) is 22.9 Å². The van der Waals surface area contributed by atoms with Gasteiger partial charge in [0.15, 0.2) is 0 Å². The number of hydrogen-bond donors (Lipinski definition) is 0. The molecule has 1 aromatic heterocycles. The van der Waals surface area contributed by atoms with Crippen molar-refractivity contribution in [1.82, 2.24) is 9.13 Å². The average Bonchev–Trinajstić information content (AvgIpc) is 2.50. The quantitative estimate of drug-likeness (QED) is 0.566. The van der Waals surface area contributed by atoms with E-state index >= 15 is 0 Å². The molecular formula is C14H11IN2O4. The molecule has 108 valence electrons. The van der Waals surface area contributed by atoms with Crippen LogP contribution in [0.5, 0.6) is 0 Å². The summed E-state index contributed by atoms with van der Waals surface area (Å²) in [6, 6.07) is 8.10. The molecule has 1 heterocycles. The Morgan fingerprint density at radius 3 is 2.48 bits per heavy atom. The Bertz CT molecular complexity index is 793. The highest BCUT2D eigenvalue weighted by molar-refractivity contribution is 14.1. The Morgan fingerprint density at radius 2 is 1.86 bits per heavy atom. The monoisotopic (exact) mass is 398 g/mol. The van der Waals surface area contributed by atoms with E-state index in [0.29, 0.717) is 10.9 Å². The number of nitrogens with zero attached hydrogens (tertiary/aromatic N) is 2. The van der Waals surface area contributed by atoms with Gasteiger partial charge in [0.25, 0.3) is 11.5 Å². The van der Waals surface area contributed by atoms with Crippen molar-refractivity contribution in [3.05, 3.63) is 66.5 Å². The highest BCUT2D eigenvalue weighted by Gasteiger charge is 2.17.